The minimum absolute atomic E-state index is 0.0282. The zero-order valence-corrected chi connectivity index (χ0v) is 12.9. The summed E-state index contributed by atoms with van der Waals surface area (Å²) in [5.41, 5.74) is -0.899. The zero-order chi connectivity index (χ0) is 15.9. The molecule has 0 heterocycles. The minimum atomic E-state index is -0.899. The number of carbonyl (C=O) groups excluding carboxylic acids is 2. The maximum absolute atomic E-state index is 11.9. The highest BCUT2D eigenvalue weighted by molar-refractivity contribution is 5.85. The molecule has 120 valence electrons. The number of aliphatic carboxylic acids is 1. The number of rotatable bonds is 7. The normalized spacial score (nSPS) is 17.3. The van der Waals surface area contributed by atoms with Gasteiger partial charge in [-0.25, -0.2) is 0 Å². The summed E-state index contributed by atoms with van der Waals surface area (Å²) < 4.78 is 0. The highest BCUT2D eigenvalue weighted by atomic mass is 16.4. The van der Waals surface area contributed by atoms with Gasteiger partial charge in [0.25, 0.3) is 0 Å². The summed E-state index contributed by atoms with van der Waals surface area (Å²) in [6.45, 7) is 4.29. The molecule has 0 aliphatic heterocycles. The second-order valence-corrected chi connectivity index (χ2v) is 6.12. The molecule has 1 aliphatic rings. The van der Waals surface area contributed by atoms with Gasteiger partial charge in [-0.2, -0.15) is 0 Å². The first-order valence-corrected chi connectivity index (χ1v) is 7.65. The SMILES string of the molecule is CC(C)C(=O)NCCNC(=O)CC1(C(=O)O)CCCCC1. The predicted molar refractivity (Wildman–Crippen MR) is 78.6 cm³/mol. The number of carbonyl (C=O) groups is 3. The maximum atomic E-state index is 11.9. The molecule has 0 spiro atoms. The van der Waals surface area contributed by atoms with Crippen molar-refractivity contribution in [2.75, 3.05) is 13.1 Å². The molecule has 0 aromatic carbocycles. The van der Waals surface area contributed by atoms with E-state index in [1.165, 1.54) is 0 Å². The largest absolute Gasteiger partial charge is 0.481 e. The molecule has 1 aliphatic carbocycles. The van der Waals surface area contributed by atoms with E-state index in [1.807, 2.05) is 0 Å². The Morgan fingerprint density at radius 1 is 1.05 bits per heavy atom. The van der Waals surface area contributed by atoms with Crippen LogP contribution in [0, 0.1) is 11.3 Å². The number of carboxylic acids is 1. The fraction of sp³-hybridized carbons (Fsp3) is 0.800. The molecule has 3 N–H and O–H groups in total. The Balaban J connectivity index is 2.35. The molecule has 0 saturated heterocycles. The zero-order valence-electron chi connectivity index (χ0n) is 12.9. The van der Waals surface area contributed by atoms with E-state index in [-0.39, 0.29) is 24.2 Å². The number of hydrogen-bond acceptors (Lipinski definition) is 3. The van der Waals surface area contributed by atoms with Crippen molar-refractivity contribution in [1.82, 2.24) is 10.6 Å². The van der Waals surface area contributed by atoms with Gasteiger partial charge in [0, 0.05) is 25.4 Å². The van der Waals surface area contributed by atoms with Gasteiger partial charge in [0.1, 0.15) is 0 Å². The summed E-state index contributed by atoms with van der Waals surface area (Å²) in [4.78, 5) is 34.7. The number of amides is 2. The van der Waals surface area contributed by atoms with E-state index in [0.29, 0.717) is 25.9 Å². The van der Waals surface area contributed by atoms with Crippen molar-refractivity contribution in [1.29, 1.82) is 0 Å². The third-order valence-electron chi connectivity index (χ3n) is 4.03. The van der Waals surface area contributed by atoms with Gasteiger partial charge in [0.2, 0.25) is 11.8 Å². The number of hydrogen-bond donors (Lipinski definition) is 3. The average Bonchev–Trinajstić information content (AvgIpc) is 2.44. The van der Waals surface area contributed by atoms with Gasteiger partial charge in [-0.1, -0.05) is 33.1 Å². The summed E-state index contributed by atoms with van der Waals surface area (Å²) in [5, 5.41) is 14.8. The Kier molecular flexibility index (Phi) is 6.65. The first kappa shape index (κ1) is 17.5. The molecule has 0 aromatic heterocycles. The van der Waals surface area contributed by atoms with Crippen LogP contribution in [0.3, 0.4) is 0 Å². The molecule has 1 rings (SSSR count). The van der Waals surface area contributed by atoms with Crippen LogP contribution >= 0.6 is 0 Å². The number of carboxylic acid groups (broad SMARTS) is 1. The summed E-state index contributed by atoms with van der Waals surface area (Å²) in [6.07, 6.45) is 3.94. The van der Waals surface area contributed by atoms with Crippen molar-refractivity contribution in [3.63, 3.8) is 0 Å². The average molecular weight is 298 g/mol. The Labute approximate surface area is 125 Å². The van der Waals surface area contributed by atoms with Crippen LogP contribution in [0.25, 0.3) is 0 Å². The molecule has 0 bridgehead atoms. The molecular formula is C15H26N2O4. The van der Waals surface area contributed by atoms with Gasteiger partial charge < -0.3 is 15.7 Å². The van der Waals surface area contributed by atoms with E-state index in [9.17, 15) is 19.5 Å². The lowest BCUT2D eigenvalue weighted by Gasteiger charge is -2.32. The Morgan fingerprint density at radius 2 is 1.62 bits per heavy atom. The van der Waals surface area contributed by atoms with E-state index in [1.54, 1.807) is 13.8 Å². The van der Waals surface area contributed by atoms with Crippen LogP contribution in [-0.2, 0) is 14.4 Å². The van der Waals surface area contributed by atoms with Gasteiger partial charge in [-0.3, -0.25) is 14.4 Å². The van der Waals surface area contributed by atoms with Crippen LogP contribution in [0.5, 0.6) is 0 Å². The van der Waals surface area contributed by atoms with E-state index in [4.69, 9.17) is 0 Å². The van der Waals surface area contributed by atoms with Crippen molar-refractivity contribution in [2.24, 2.45) is 11.3 Å². The highest BCUT2D eigenvalue weighted by Crippen LogP contribution is 2.39. The molecule has 1 fully saturated rings. The standard InChI is InChI=1S/C15H26N2O4/c1-11(2)13(19)17-9-8-16-12(18)10-15(14(20)21)6-4-3-5-7-15/h11H,3-10H2,1-2H3,(H,16,18)(H,17,19)(H,20,21). The van der Waals surface area contributed by atoms with Crippen LogP contribution < -0.4 is 10.6 Å². The first-order valence-electron chi connectivity index (χ1n) is 7.65. The van der Waals surface area contributed by atoms with Crippen molar-refractivity contribution in [3.05, 3.63) is 0 Å². The van der Waals surface area contributed by atoms with Gasteiger partial charge in [0.15, 0.2) is 0 Å². The fourth-order valence-electron chi connectivity index (χ4n) is 2.66. The Bertz CT molecular complexity index is 387. The topological polar surface area (TPSA) is 95.5 Å². The van der Waals surface area contributed by atoms with Gasteiger partial charge in [-0.05, 0) is 12.8 Å². The minimum Gasteiger partial charge on any atom is -0.481 e. The predicted octanol–water partition coefficient (Wildman–Crippen LogP) is 1.30. The lowest BCUT2D eigenvalue weighted by molar-refractivity contribution is -0.154. The Morgan fingerprint density at radius 3 is 2.14 bits per heavy atom. The molecule has 0 atom stereocenters. The van der Waals surface area contributed by atoms with Gasteiger partial charge in [0.05, 0.1) is 5.41 Å². The lowest BCUT2D eigenvalue weighted by atomic mass is 9.71. The molecule has 6 heteroatoms. The summed E-state index contributed by atoms with van der Waals surface area (Å²) in [7, 11) is 0. The highest BCUT2D eigenvalue weighted by Gasteiger charge is 2.41. The molecule has 1 saturated carbocycles. The third kappa shape index (κ3) is 5.36. The summed E-state index contributed by atoms with van der Waals surface area (Å²) >= 11 is 0. The van der Waals surface area contributed by atoms with Crippen molar-refractivity contribution in [2.45, 2.75) is 52.4 Å². The van der Waals surface area contributed by atoms with Crippen molar-refractivity contribution in [3.8, 4) is 0 Å². The fourth-order valence-corrected chi connectivity index (χ4v) is 2.66. The number of nitrogens with one attached hydrogen (secondary N) is 2. The second kappa shape index (κ2) is 8.00. The molecule has 21 heavy (non-hydrogen) atoms. The van der Waals surface area contributed by atoms with Crippen LogP contribution in [0.1, 0.15) is 52.4 Å². The summed E-state index contributed by atoms with van der Waals surface area (Å²) in [6, 6.07) is 0. The van der Waals surface area contributed by atoms with E-state index < -0.39 is 11.4 Å². The van der Waals surface area contributed by atoms with E-state index >= 15 is 0 Å². The van der Waals surface area contributed by atoms with E-state index in [0.717, 1.165) is 19.3 Å². The van der Waals surface area contributed by atoms with Crippen LogP contribution in [0.4, 0.5) is 0 Å². The van der Waals surface area contributed by atoms with Crippen LogP contribution in [0.2, 0.25) is 0 Å². The molecule has 0 unspecified atom stereocenters. The lowest BCUT2D eigenvalue weighted by Crippen LogP contribution is -2.41. The smallest absolute Gasteiger partial charge is 0.310 e. The van der Waals surface area contributed by atoms with Crippen molar-refractivity contribution < 1.29 is 19.5 Å². The van der Waals surface area contributed by atoms with Crippen LogP contribution in [-0.4, -0.2) is 36.0 Å². The van der Waals surface area contributed by atoms with Crippen molar-refractivity contribution >= 4 is 17.8 Å². The molecule has 0 radical (unpaired) electrons. The maximum Gasteiger partial charge on any atom is 0.310 e. The molecular weight excluding hydrogens is 272 g/mol. The quantitative estimate of drug-likeness (QED) is 0.617. The van der Waals surface area contributed by atoms with E-state index in [2.05, 4.69) is 10.6 Å². The van der Waals surface area contributed by atoms with Gasteiger partial charge in [-0.15, -0.1) is 0 Å². The van der Waals surface area contributed by atoms with Gasteiger partial charge >= 0.3 is 5.97 Å². The Hall–Kier alpha value is -1.59. The first-order chi connectivity index (χ1) is 9.87. The van der Waals surface area contributed by atoms with Crippen LogP contribution in [0.15, 0.2) is 0 Å². The molecule has 6 nitrogen and oxygen atoms in total. The second-order valence-electron chi connectivity index (χ2n) is 6.12. The third-order valence-corrected chi connectivity index (χ3v) is 4.03. The summed E-state index contributed by atoms with van der Waals surface area (Å²) in [5.74, 6) is -1.26. The monoisotopic (exact) mass is 298 g/mol. The molecule has 2 amide bonds. The molecule has 0 aromatic rings.